The van der Waals surface area contributed by atoms with Gasteiger partial charge in [0.1, 0.15) is 0 Å². The van der Waals surface area contributed by atoms with Gasteiger partial charge in [-0.05, 0) is 6.42 Å². The monoisotopic (exact) mass is 205 g/mol. The van der Waals surface area contributed by atoms with Crippen molar-refractivity contribution in [1.29, 1.82) is 0 Å². The van der Waals surface area contributed by atoms with Crippen molar-refractivity contribution in [3.63, 3.8) is 0 Å². The van der Waals surface area contributed by atoms with Crippen LogP contribution < -0.4 is 0 Å². The summed E-state index contributed by atoms with van der Waals surface area (Å²) in [5.41, 5.74) is 0. The molecule has 1 heterocycles. The molecule has 1 aliphatic rings. The fourth-order valence-electron chi connectivity index (χ4n) is 1.41. The Morgan fingerprint density at radius 1 is 1.69 bits per heavy atom. The average molecular weight is 206 g/mol. The van der Waals surface area contributed by atoms with E-state index in [4.69, 9.17) is 16.3 Å². The molecule has 3 nitrogen and oxygen atoms in total. The van der Waals surface area contributed by atoms with Gasteiger partial charge in [0.15, 0.2) is 0 Å². The Kier molecular flexibility index (Phi) is 4.53. The lowest BCUT2D eigenvalue weighted by atomic mass is 10.2. The summed E-state index contributed by atoms with van der Waals surface area (Å²) in [6.07, 6.45) is 1.56. The van der Waals surface area contributed by atoms with Crippen molar-refractivity contribution in [3.05, 3.63) is 0 Å². The van der Waals surface area contributed by atoms with E-state index in [1.165, 1.54) is 0 Å². The molecule has 1 unspecified atom stereocenters. The zero-order valence-corrected chi connectivity index (χ0v) is 8.72. The highest BCUT2D eigenvalue weighted by atomic mass is 35.5. The van der Waals surface area contributed by atoms with Crippen LogP contribution in [-0.2, 0) is 9.53 Å². The van der Waals surface area contributed by atoms with Crippen molar-refractivity contribution in [1.82, 2.24) is 4.90 Å². The highest BCUT2D eigenvalue weighted by Gasteiger charge is 2.22. The van der Waals surface area contributed by atoms with Crippen LogP contribution in [0.5, 0.6) is 0 Å². The molecule has 1 aliphatic heterocycles. The molecule has 1 rings (SSSR count). The Balaban J connectivity index is 2.37. The summed E-state index contributed by atoms with van der Waals surface area (Å²) in [5, 5.41) is 0. The first kappa shape index (κ1) is 10.8. The molecule has 1 amide bonds. The number of morpholine rings is 1. The molecular formula is C9H16ClNO2. The summed E-state index contributed by atoms with van der Waals surface area (Å²) in [7, 11) is 0. The second-order valence-electron chi connectivity index (χ2n) is 3.24. The van der Waals surface area contributed by atoms with Gasteiger partial charge in [-0.2, -0.15) is 0 Å². The molecule has 1 saturated heterocycles. The molecule has 0 aromatic carbocycles. The minimum Gasteiger partial charge on any atom is -0.373 e. The fraction of sp³-hybridized carbons (Fsp3) is 0.889. The zero-order chi connectivity index (χ0) is 9.68. The normalized spacial score (nSPS) is 23.2. The summed E-state index contributed by atoms with van der Waals surface area (Å²) in [4.78, 5) is 13.3. The van der Waals surface area contributed by atoms with Gasteiger partial charge < -0.3 is 9.64 Å². The number of nitrogens with zero attached hydrogens (tertiary/aromatic N) is 1. The lowest BCUT2D eigenvalue weighted by molar-refractivity contribution is -0.138. The van der Waals surface area contributed by atoms with Crippen molar-refractivity contribution >= 4 is 17.5 Å². The number of ether oxygens (including phenoxy) is 1. The average Bonchev–Trinajstić information content (AvgIpc) is 2.18. The van der Waals surface area contributed by atoms with E-state index in [9.17, 15) is 4.79 Å². The molecule has 76 valence electrons. The molecule has 0 radical (unpaired) electrons. The maximum atomic E-state index is 11.5. The third-order valence-electron chi connectivity index (χ3n) is 2.13. The standard InChI is InChI=1S/C9H16ClNO2/c1-2-3-9(12)11-4-5-13-8(6-10)7-11/h8H,2-7H2,1H3. The maximum absolute atomic E-state index is 11.5. The molecule has 1 fully saturated rings. The quantitative estimate of drug-likeness (QED) is 0.650. The van der Waals surface area contributed by atoms with E-state index in [1.807, 2.05) is 11.8 Å². The Labute approximate surface area is 84.0 Å². The van der Waals surface area contributed by atoms with Crippen LogP contribution >= 0.6 is 11.6 Å². The van der Waals surface area contributed by atoms with Gasteiger partial charge in [-0.25, -0.2) is 0 Å². The Hall–Kier alpha value is -0.280. The number of hydrogen-bond acceptors (Lipinski definition) is 2. The second-order valence-corrected chi connectivity index (χ2v) is 3.55. The van der Waals surface area contributed by atoms with Gasteiger partial charge in [0, 0.05) is 19.5 Å². The van der Waals surface area contributed by atoms with Crippen LogP contribution in [0.1, 0.15) is 19.8 Å². The molecule has 0 aromatic rings. The Morgan fingerprint density at radius 3 is 3.08 bits per heavy atom. The van der Waals surface area contributed by atoms with Crippen LogP contribution in [0.2, 0.25) is 0 Å². The zero-order valence-electron chi connectivity index (χ0n) is 7.96. The molecule has 0 N–H and O–H groups in total. The van der Waals surface area contributed by atoms with Gasteiger partial charge >= 0.3 is 0 Å². The molecule has 0 saturated carbocycles. The molecule has 0 aliphatic carbocycles. The van der Waals surface area contributed by atoms with Crippen molar-refractivity contribution in [2.45, 2.75) is 25.9 Å². The largest absolute Gasteiger partial charge is 0.373 e. The lowest BCUT2D eigenvalue weighted by Crippen LogP contribution is -2.46. The van der Waals surface area contributed by atoms with Crippen molar-refractivity contribution in [2.75, 3.05) is 25.6 Å². The maximum Gasteiger partial charge on any atom is 0.222 e. The first-order valence-electron chi connectivity index (χ1n) is 4.73. The van der Waals surface area contributed by atoms with Gasteiger partial charge in [0.2, 0.25) is 5.91 Å². The second kappa shape index (κ2) is 5.45. The Morgan fingerprint density at radius 2 is 2.46 bits per heavy atom. The van der Waals surface area contributed by atoms with E-state index >= 15 is 0 Å². The Bertz CT molecular complexity index is 175. The van der Waals surface area contributed by atoms with Crippen molar-refractivity contribution in [3.8, 4) is 0 Å². The van der Waals surface area contributed by atoms with E-state index in [1.54, 1.807) is 0 Å². The third-order valence-corrected chi connectivity index (χ3v) is 2.47. The molecule has 0 spiro atoms. The van der Waals surface area contributed by atoms with Gasteiger partial charge in [0.25, 0.3) is 0 Å². The SMILES string of the molecule is CCCC(=O)N1CCOC(CCl)C1. The highest BCUT2D eigenvalue weighted by molar-refractivity contribution is 6.18. The molecule has 0 bridgehead atoms. The van der Waals surface area contributed by atoms with Crippen molar-refractivity contribution in [2.24, 2.45) is 0 Å². The first-order valence-corrected chi connectivity index (χ1v) is 5.26. The molecule has 1 atom stereocenters. The van der Waals surface area contributed by atoms with E-state index < -0.39 is 0 Å². The van der Waals surface area contributed by atoms with Crippen LogP contribution in [-0.4, -0.2) is 42.5 Å². The van der Waals surface area contributed by atoms with Crippen LogP contribution in [0.4, 0.5) is 0 Å². The molecule has 13 heavy (non-hydrogen) atoms. The van der Waals surface area contributed by atoms with E-state index in [0.717, 1.165) is 6.42 Å². The lowest BCUT2D eigenvalue weighted by Gasteiger charge is -2.32. The minimum absolute atomic E-state index is 0.0243. The number of carbonyl (C=O) groups is 1. The number of alkyl halides is 1. The van der Waals surface area contributed by atoms with E-state index in [2.05, 4.69) is 0 Å². The van der Waals surface area contributed by atoms with Crippen molar-refractivity contribution < 1.29 is 9.53 Å². The highest BCUT2D eigenvalue weighted by Crippen LogP contribution is 2.08. The van der Waals surface area contributed by atoms with Crippen LogP contribution in [0.3, 0.4) is 0 Å². The fourth-order valence-corrected chi connectivity index (χ4v) is 1.60. The molecular weight excluding hydrogens is 190 g/mol. The number of rotatable bonds is 3. The predicted octanol–water partition coefficient (Wildman–Crippen LogP) is 1.25. The van der Waals surface area contributed by atoms with Crippen LogP contribution in [0.15, 0.2) is 0 Å². The van der Waals surface area contributed by atoms with E-state index in [-0.39, 0.29) is 12.0 Å². The summed E-state index contributed by atoms with van der Waals surface area (Å²) in [6.45, 7) is 4.00. The summed E-state index contributed by atoms with van der Waals surface area (Å²) in [6, 6.07) is 0. The number of halogens is 1. The topological polar surface area (TPSA) is 29.5 Å². The third kappa shape index (κ3) is 3.16. The number of hydrogen-bond donors (Lipinski definition) is 0. The van der Waals surface area contributed by atoms with Gasteiger partial charge in [0.05, 0.1) is 18.6 Å². The van der Waals surface area contributed by atoms with Gasteiger partial charge in [-0.1, -0.05) is 6.92 Å². The van der Waals surface area contributed by atoms with Crippen LogP contribution in [0, 0.1) is 0 Å². The molecule has 0 aromatic heterocycles. The van der Waals surface area contributed by atoms with Gasteiger partial charge in [-0.15, -0.1) is 11.6 Å². The first-order chi connectivity index (χ1) is 6.27. The van der Waals surface area contributed by atoms with Crippen LogP contribution in [0.25, 0.3) is 0 Å². The summed E-state index contributed by atoms with van der Waals surface area (Å²) >= 11 is 5.66. The number of carbonyl (C=O) groups excluding carboxylic acids is 1. The smallest absolute Gasteiger partial charge is 0.222 e. The number of amides is 1. The predicted molar refractivity (Wildman–Crippen MR) is 51.9 cm³/mol. The van der Waals surface area contributed by atoms with E-state index in [0.29, 0.717) is 32.0 Å². The van der Waals surface area contributed by atoms with Gasteiger partial charge in [-0.3, -0.25) is 4.79 Å². The minimum atomic E-state index is 0.0243. The molecule has 4 heteroatoms. The summed E-state index contributed by atoms with van der Waals surface area (Å²) in [5.74, 6) is 0.691. The summed E-state index contributed by atoms with van der Waals surface area (Å²) < 4.78 is 5.36.